The summed E-state index contributed by atoms with van der Waals surface area (Å²) in [6.45, 7) is 26.3. The van der Waals surface area contributed by atoms with Gasteiger partial charge in [-0.2, -0.15) is 0 Å². The van der Waals surface area contributed by atoms with E-state index < -0.39 is 23.9 Å². The lowest BCUT2D eigenvalue weighted by atomic mass is 9.97. The molecule has 0 unspecified atom stereocenters. The Hall–Kier alpha value is -15.5. The van der Waals surface area contributed by atoms with Crippen LogP contribution in [0, 0.1) is 27.7 Å². The zero-order valence-corrected chi connectivity index (χ0v) is 84.6. The molecule has 0 radical (unpaired) electrons. The molecule has 728 valence electrons. The SMILES string of the molecule is CCCCCC/C(=N\OC(=O)c1ccccc1)C(=O)c1ccc(Sc2ccccc2)cc1.CCCCCC/C(=N\OC(C)=O)C(=O)c1ccc2c(c1)c1cc(C(=O)c3ccccc3C)ccc1n2CC.CCn1c2ccc(C(=O)/C(CCSc3ccc(C)cc3)=N/OC(C)=O)cc2c2cc(C(=O)c3ccccc3C)ccc21.CCn1c2ccc(C(=O)c3ccccc3C)cc2c2cc(/C(C)=N/OC(C)=O)ccc21. The van der Waals surface area contributed by atoms with Crippen molar-refractivity contribution in [2.24, 2.45) is 20.6 Å². The minimum absolute atomic E-state index is 0.0150. The Morgan fingerprint density at radius 2 is 0.587 bits per heavy atom. The third-order valence-corrected chi connectivity index (χ3v) is 26.6. The molecule has 21 nitrogen and oxygen atoms in total. The average Bonchev–Trinajstić information content (AvgIpc) is 1.61. The molecule has 0 atom stereocenters. The van der Waals surface area contributed by atoms with Crippen LogP contribution in [0.15, 0.2) is 326 Å². The Bertz CT molecular complexity index is 7550. The van der Waals surface area contributed by atoms with Gasteiger partial charge in [0.15, 0.2) is 17.3 Å². The van der Waals surface area contributed by atoms with Crippen LogP contribution in [0.4, 0.5) is 0 Å². The summed E-state index contributed by atoms with van der Waals surface area (Å²) in [6, 6.07) is 91.8. The van der Waals surface area contributed by atoms with Crippen LogP contribution in [-0.4, -0.2) is 101 Å². The molecule has 0 aliphatic rings. The lowest BCUT2D eigenvalue weighted by molar-refractivity contribution is -0.141. The number of aromatic nitrogens is 3. The molecule has 3 heterocycles. The zero-order valence-electron chi connectivity index (χ0n) is 83.0. The summed E-state index contributed by atoms with van der Waals surface area (Å²) in [7, 11) is 0. The second-order valence-electron chi connectivity index (χ2n) is 34.8. The Kier molecular flexibility index (Phi) is 37.1. The number of carbonyl (C=O) groups is 10. The number of rotatable bonds is 37. The van der Waals surface area contributed by atoms with Crippen molar-refractivity contribution < 1.29 is 67.3 Å². The number of hydrogen-bond donors (Lipinski definition) is 0. The van der Waals surface area contributed by atoms with Gasteiger partial charge in [0.1, 0.15) is 17.1 Å². The Labute approximate surface area is 841 Å². The highest BCUT2D eigenvalue weighted by Gasteiger charge is 2.26. The van der Waals surface area contributed by atoms with Gasteiger partial charge in [0.2, 0.25) is 17.3 Å². The summed E-state index contributed by atoms with van der Waals surface area (Å²) < 4.78 is 6.58. The number of benzene rings is 13. The maximum Gasteiger partial charge on any atom is 0.365 e. The fourth-order valence-corrected chi connectivity index (χ4v) is 18.8. The van der Waals surface area contributed by atoms with Crippen molar-refractivity contribution in [2.75, 3.05) is 5.75 Å². The molecule has 0 saturated carbocycles. The van der Waals surface area contributed by atoms with Crippen molar-refractivity contribution in [1.29, 1.82) is 0 Å². The van der Waals surface area contributed by atoms with Gasteiger partial charge in [0, 0.05) is 183 Å². The number of oxime groups is 4. The van der Waals surface area contributed by atoms with Crippen LogP contribution in [-0.2, 0) is 53.4 Å². The third-order valence-electron chi connectivity index (χ3n) is 24.6. The van der Waals surface area contributed by atoms with Gasteiger partial charge in [-0.05, 0) is 267 Å². The number of thioether (sulfide) groups is 1. The summed E-state index contributed by atoms with van der Waals surface area (Å²) in [5.74, 6) is -2.40. The molecule has 3 aromatic heterocycles. The van der Waals surface area contributed by atoms with Crippen molar-refractivity contribution in [3.05, 3.63) is 375 Å². The van der Waals surface area contributed by atoms with E-state index in [1.54, 1.807) is 79.0 Å². The highest BCUT2D eigenvalue weighted by Crippen LogP contribution is 2.38. The van der Waals surface area contributed by atoms with Gasteiger partial charge in [0.25, 0.3) is 0 Å². The molecule has 0 spiro atoms. The molecule has 0 N–H and O–H groups in total. The van der Waals surface area contributed by atoms with Crippen LogP contribution in [0.2, 0.25) is 0 Å². The fourth-order valence-electron chi connectivity index (χ4n) is 17.1. The number of nitrogens with zero attached hydrogens (tertiary/aromatic N) is 7. The van der Waals surface area contributed by atoms with Crippen LogP contribution < -0.4 is 0 Å². The first-order chi connectivity index (χ1) is 69.2. The second kappa shape index (κ2) is 50.6. The molecule has 13 aromatic carbocycles. The minimum Gasteiger partial charge on any atom is -0.341 e. The monoisotopic (exact) mass is 1940 g/mol. The minimum atomic E-state index is -0.584. The van der Waals surface area contributed by atoms with Crippen molar-refractivity contribution in [1.82, 2.24) is 13.7 Å². The molecule has 23 heteroatoms. The maximum absolute atomic E-state index is 13.7. The van der Waals surface area contributed by atoms with E-state index in [2.05, 4.69) is 68.9 Å². The van der Waals surface area contributed by atoms with Gasteiger partial charge in [-0.1, -0.05) is 218 Å². The summed E-state index contributed by atoms with van der Waals surface area (Å²) in [6.07, 6.45) is 9.18. The Balaban J connectivity index is 0.000000161. The molecule has 16 rings (SSSR count). The Morgan fingerprint density at radius 1 is 0.280 bits per heavy atom. The molecule has 16 aromatic rings. The van der Waals surface area contributed by atoms with E-state index >= 15 is 0 Å². The van der Waals surface area contributed by atoms with Crippen LogP contribution in [0.25, 0.3) is 65.4 Å². The second-order valence-corrected chi connectivity index (χ2v) is 37.1. The van der Waals surface area contributed by atoms with E-state index in [0.717, 1.165) is 173 Å². The van der Waals surface area contributed by atoms with Crippen molar-refractivity contribution in [2.45, 2.75) is 195 Å². The summed E-state index contributed by atoms with van der Waals surface area (Å²) in [5, 5.41) is 21.4. The lowest BCUT2D eigenvalue weighted by Gasteiger charge is -2.07. The van der Waals surface area contributed by atoms with Crippen LogP contribution in [0.1, 0.15) is 250 Å². The molecular weight excluding hydrogens is 1830 g/mol. The van der Waals surface area contributed by atoms with E-state index in [9.17, 15) is 47.9 Å². The van der Waals surface area contributed by atoms with Crippen LogP contribution in [0.3, 0.4) is 0 Å². The van der Waals surface area contributed by atoms with E-state index in [1.165, 1.54) is 26.3 Å². The molecule has 0 amide bonds. The highest BCUT2D eigenvalue weighted by molar-refractivity contribution is 7.99. The molecule has 0 saturated heterocycles. The predicted molar refractivity (Wildman–Crippen MR) is 575 cm³/mol. The first-order valence-electron chi connectivity index (χ1n) is 48.4. The molecule has 0 bridgehead atoms. The molecule has 143 heavy (non-hydrogen) atoms. The molecular formula is C120H117N7O14S2. The number of unbranched alkanes of at least 4 members (excludes halogenated alkanes) is 6. The van der Waals surface area contributed by atoms with Crippen molar-refractivity contribution in [3.63, 3.8) is 0 Å². The number of aryl methyl sites for hydroxylation is 7. The topological polar surface area (TPSA) is 272 Å². The summed E-state index contributed by atoms with van der Waals surface area (Å²) >= 11 is 3.25. The number of carbonyl (C=O) groups excluding carboxylic acids is 10. The molecule has 0 aliphatic carbocycles. The van der Waals surface area contributed by atoms with Crippen LogP contribution >= 0.6 is 23.5 Å². The van der Waals surface area contributed by atoms with E-state index in [0.29, 0.717) is 86.4 Å². The Morgan fingerprint density at radius 3 is 0.965 bits per heavy atom. The smallest absolute Gasteiger partial charge is 0.341 e. The van der Waals surface area contributed by atoms with E-state index in [4.69, 9.17) is 19.4 Å². The van der Waals surface area contributed by atoms with E-state index in [1.807, 2.05) is 270 Å². The average molecular weight is 1950 g/mol. The van der Waals surface area contributed by atoms with Gasteiger partial charge in [-0.15, -0.1) is 11.8 Å². The first kappa shape index (κ1) is 105. The normalized spacial score (nSPS) is 11.6. The van der Waals surface area contributed by atoms with Gasteiger partial charge >= 0.3 is 23.9 Å². The zero-order chi connectivity index (χ0) is 102. The number of Topliss-reactive ketones (excluding diaryl/α,β-unsaturated/α-hetero) is 3. The summed E-state index contributed by atoms with van der Waals surface area (Å²) in [5.41, 5.74) is 18.0. The number of ketones is 6. The fraction of sp³-hybridized carbons (Fsp3) is 0.233. The van der Waals surface area contributed by atoms with Crippen LogP contribution in [0.5, 0.6) is 0 Å². The first-order valence-corrected chi connectivity index (χ1v) is 50.2. The number of fused-ring (bicyclic) bond motifs is 9. The summed E-state index contributed by atoms with van der Waals surface area (Å²) in [4.78, 5) is 149. The molecule has 0 fully saturated rings. The van der Waals surface area contributed by atoms with Gasteiger partial charge in [0.05, 0.1) is 11.3 Å². The standard InChI is InChI=1S/C35H32N2O4S.C32H34N2O4.C27H27NO3S.C26H24N2O3/c1-5-37-32-16-12-25(34(39)28-9-7-6-8-23(28)3)20-29(32)30-21-26(13-17-33(30)37)35(40)31(36-41-24(4)38)18-19-42-27-14-10-22(2)11-15-27;1-5-7-8-9-14-28(33-38-22(4)35)32(37)24-16-18-30-27(20-24)26-19-23(15-17-29(26)34(30)6-2)31(36)25-13-11-10-12-21(25)3;1-2-3-4-11-16-25(28-31-27(30)22-12-7-5-8-13-22)26(29)21-17-19-24(20-18-21)32-23-14-9-6-10-15-23;1-5-28-24-12-10-19(17(3)27-31-18(4)29)14-22(24)23-15-20(11-13-25(23)28)26(30)21-9-7-6-8-16(21)2/h6-17,20-21H,5,18-19H2,1-4H3;10-13,15-20H,5-9,14H2,1-4H3;5-10,12-15,17-20H,2-4,11,16H2,1H3;6-15H,5H2,1-4H3/b36-31+;33-28+;28-25+;27-17+. The van der Waals surface area contributed by atoms with Crippen molar-refractivity contribution >= 4 is 170 Å². The predicted octanol–water partition coefficient (Wildman–Crippen LogP) is 28.2. The van der Waals surface area contributed by atoms with Gasteiger partial charge in [-0.25, -0.2) is 19.2 Å². The third kappa shape index (κ3) is 26.6. The number of hydrogen-bond acceptors (Lipinski definition) is 20. The van der Waals surface area contributed by atoms with Gasteiger partial charge < -0.3 is 33.1 Å². The maximum atomic E-state index is 13.7. The highest BCUT2D eigenvalue weighted by atomic mass is 32.2. The molecule has 0 aliphatic heterocycles. The van der Waals surface area contributed by atoms with Crippen molar-refractivity contribution in [3.8, 4) is 0 Å². The quantitative estimate of drug-likeness (QED) is 0.00874. The van der Waals surface area contributed by atoms with E-state index in [-0.39, 0.29) is 51.8 Å². The van der Waals surface area contributed by atoms with Gasteiger partial charge in [-0.3, -0.25) is 28.8 Å². The largest absolute Gasteiger partial charge is 0.365 e. The lowest BCUT2D eigenvalue weighted by Crippen LogP contribution is -2.16.